The second-order valence-corrected chi connectivity index (χ2v) is 9.21. The summed E-state index contributed by atoms with van der Waals surface area (Å²) < 4.78 is 3.23. The van der Waals surface area contributed by atoms with Gasteiger partial charge in [0.05, 0.1) is 17.9 Å². The van der Waals surface area contributed by atoms with E-state index in [0.29, 0.717) is 6.54 Å². The Kier molecular flexibility index (Phi) is 4.97. The van der Waals surface area contributed by atoms with E-state index in [1.165, 1.54) is 0 Å². The van der Waals surface area contributed by atoms with Gasteiger partial charge in [0, 0.05) is 21.2 Å². The summed E-state index contributed by atoms with van der Waals surface area (Å²) in [6.07, 6.45) is 2.08. The Morgan fingerprint density at radius 2 is 1.97 bits per heavy atom. The monoisotopic (exact) mass is 477 g/mol. The number of aromatic nitrogens is 1. The number of para-hydroxylation sites is 1. The van der Waals surface area contributed by atoms with Crippen LogP contribution in [0.3, 0.4) is 0 Å². The number of amides is 2. The lowest BCUT2D eigenvalue weighted by Crippen LogP contribution is -2.37. The van der Waals surface area contributed by atoms with Gasteiger partial charge in [0.25, 0.3) is 0 Å². The molecule has 0 radical (unpaired) electrons. The van der Waals surface area contributed by atoms with Crippen molar-refractivity contribution in [3.05, 3.63) is 104 Å². The predicted molar refractivity (Wildman–Crippen MR) is 125 cm³/mol. The van der Waals surface area contributed by atoms with Crippen LogP contribution in [-0.2, 0) is 6.54 Å². The second kappa shape index (κ2) is 7.78. The molecule has 0 saturated carbocycles. The summed E-state index contributed by atoms with van der Waals surface area (Å²) in [5.74, 6) is 0. The number of benzene rings is 2. The molecule has 4 nitrogen and oxygen atoms in total. The van der Waals surface area contributed by atoms with Crippen LogP contribution >= 0.6 is 27.3 Å². The van der Waals surface area contributed by atoms with Gasteiger partial charge in [0.2, 0.25) is 0 Å². The number of hydrogen-bond acceptors (Lipinski definition) is 2. The normalized spacial score (nSPS) is 15.3. The molecule has 1 N–H and O–H groups in total. The Balaban J connectivity index is 1.60. The summed E-state index contributed by atoms with van der Waals surface area (Å²) in [5.41, 5.74) is 5.20. The smallest absolute Gasteiger partial charge is 0.318 e. The predicted octanol–water partition coefficient (Wildman–Crippen LogP) is 6.75. The number of fused-ring (bicyclic) bond motifs is 3. The minimum atomic E-state index is -0.163. The third-order valence-corrected chi connectivity index (χ3v) is 7.26. The number of thiophene rings is 1. The van der Waals surface area contributed by atoms with E-state index in [1.54, 1.807) is 11.3 Å². The van der Waals surface area contributed by atoms with Crippen molar-refractivity contribution in [1.82, 2.24) is 9.47 Å². The molecule has 1 unspecified atom stereocenters. The molecule has 2 amide bonds. The fraction of sp³-hybridized carbons (Fsp3) is 0.125. The summed E-state index contributed by atoms with van der Waals surface area (Å²) in [4.78, 5) is 16.6. The van der Waals surface area contributed by atoms with Crippen LogP contribution in [0.1, 0.15) is 27.7 Å². The molecule has 0 spiro atoms. The number of carbonyl (C=O) groups excluding carboxylic acids is 1. The molecule has 30 heavy (non-hydrogen) atoms. The Bertz CT molecular complexity index is 1210. The second-order valence-electron chi connectivity index (χ2n) is 7.37. The first-order valence-electron chi connectivity index (χ1n) is 9.74. The molecule has 2 aromatic carbocycles. The zero-order valence-electron chi connectivity index (χ0n) is 16.4. The van der Waals surface area contributed by atoms with Gasteiger partial charge in [-0.25, -0.2) is 4.79 Å². The summed E-state index contributed by atoms with van der Waals surface area (Å²) in [7, 11) is 0. The van der Waals surface area contributed by atoms with Gasteiger partial charge < -0.3 is 14.8 Å². The molecule has 0 bridgehead atoms. The van der Waals surface area contributed by atoms with E-state index in [4.69, 9.17) is 0 Å². The zero-order chi connectivity index (χ0) is 20.7. The molecule has 1 aliphatic rings. The van der Waals surface area contributed by atoms with Crippen LogP contribution in [0.2, 0.25) is 0 Å². The number of aryl methyl sites for hydroxylation is 1. The van der Waals surface area contributed by atoms with E-state index in [9.17, 15) is 4.79 Å². The van der Waals surface area contributed by atoms with Crippen LogP contribution in [0.4, 0.5) is 10.5 Å². The van der Waals surface area contributed by atoms with Crippen LogP contribution in [0, 0.1) is 6.92 Å². The van der Waals surface area contributed by atoms with Crippen molar-refractivity contribution < 1.29 is 4.79 Å². The molecule has 0 saturated heterocycles. The van der Waals surface area contributed by atoms with Gasteiger partial charge in [-0.05, 0) is 65.9 Å². The van der Waals surface area contributed by atoms with Crippen LogP contribution in [0.25, 0.3) is 5.69 Å². The van der Waals surface area contributed by atoms with Gasteiger partial charge in [-0.15, -0.1) is 11.3 Å². The maximum absolute atomic E-state index is 13.6. The van der Waals surface area contributed by atoms with Crippen molar-refractivity contribution in [3.63, 3.8) is 0 Å². The van der Waals surface area contributed by atoms with Crippen molar-refractivity contribution in [2.24, 2.45) is 0 Å². The van der Waals surface area contributed by atoms with Crippen LogP contribution < -0.4 is 5.32 Å². The first-order valence-corrected chi connectivity index (χ1v) is 11.4. The largest absolute Gasteiger partial charge is 0.323 e. The van der Waals surface area contributed by atoms with Crippen molar-refractivity contribution in [2.45, 2.75) is 19.5 Å². The minimum absolute atomic E-state index is 0.112. The lowest BCUT2D eigenvalue weighted by atomic mass is 10.1. The molecule has 6 heteroatoms. The van der Waals surface area contributed by atoms with E-state index in [1.807, 2.05) is 54.3 Å². The first kappa shape index (κ1) is 19.2. The van der Waals surface area contributed by atoms with Crippen LogP contribution in [-0.4, -0.2) is 15.5 Å². The van der Waals surface area contributed by atoms with Crippen LogP contribution in [0.5, 0.6) is 0 Å². The van der Waals surface area contributed by atoms with Gasteiger partial charge in [-0.3, -0.25) is 0 Å². The standard InChI is InChI=1S/C24H20BrN3OS/c1-16-14-18(10-11-19(16)25)26-24(29)28-15-17-6-2-3-7-20(17)27-12-4-8-21(27)23(28)22-9-5-13-30-22/h2-14,23H,15H2,1H3,(H,26,29). The topological polar surface area (TPSA) is 37.3 Å². The molecule has 150 valence electrons. The molecule has 3 heterocycles. The number of hydrogen-bond donors (Lipinski definition) is 1. The fourth-order valence-electron chi connectivity index (χ4n) is 4.00. The number of carbonyl (C=O) groups is 1. The highest BCUT2D eigenvalue weighted by molar-refractivity contribution is 9.10. The van der Waals surface area contributed by atoms with Crippen LogP contribution in [0.15, 0.2) is 82.8 Å². The molecule has 1 aliphatic heterocycles. The number of urea groups is 1. The number of rotatable bonds is 2. The average molecular weight is 478 g/mol. The molecule has 2 aromatic heterocycles. The van der Waals surface area contributed by atoms with E-state index in [-0.39, 0.29) is 12.1 Å². The molecule has 1 atom stereocenters. The zero-order valence-corrected chi connectivity index (χ0v) is 18.8. The molecule has 0 fully saturated rings. The average Bonchev–Trinajstić information content (AvgIpc) is 3.42. The Morgan fingerprint density at radius 3 is 2.77 bits per heavy atom. The third-order valence-electron chi connectivity index (χ3n) is 5.45. The van der Waals surface area contributed by atoms with Crippen molar-refractivity contribution in [3.8, 4) is 5.69 Å². The number of anilines is 1. The minimum Gasteiger partial charge on any atom is -0.318 e. The quantitative estimate of drug-likeness (QED) is 0.340. The molecule has 0 aliphatic carbocycles. The third kappa shape index (κ3) is 3.36. The Morgan fingerprint density at radius 1 is 1.10 bits per heavy atom. The maximum Gasteiger partial charge on any atom is 0.323 e. The van der Waals surface area contributed by atoms with Gasteiger partial charge in [-0.1, -0.05) is 40.2 Å². The lowest BCUT2D eigenvalue weighted by Gasteiger charge is -2.30. The first-order chi connectivity index (χ1) is 14.6. The Hall–Kier alpha value is -2.83. The van der Waals surface area contributed by atoms with E-state index in [0.717, 1.165) is 37.5 Å². The van der Waals surface area contributed by atoms with Crippen molar-refractivity contribution >= 4 is 39.0 Å². The molecular weight excluding hydrogens is 458 g/mol. The lowest BCUT2D eigenvalue weighted by molar-refractivity contribution is 0.195. The summed E-state index contributed by atoms with van der Waals surface area (Å²) in [5, 5.41) is 5.18. The fourth-order valence-corrected chi connectivity index (χ4v) is 5.10. The number of nitrogens with zero attached hydrogens (tertiary/aromatic N) is 2. The van der Waals surface area contributed by atoms with Gasteiger partial charge in [0.1, 0.15) is 6.04 Å². The van der Waals surface area contributed by atoms with E-state index >= 15 is 0 Å². The molecule has 4 aromatic rings. The molecule has 5 rings (SSSR count). The number of halogens is 1. The summed E-state index contributed by atoms with van der Waals surface area (Å²) in [6.45, 7) is 2.55. The highest BCUT2D eigenvalue weighted by atomic mass is 79.9. The molecular formula is C24H20BrN3OS. The van der Waals surface area contributed by atoms with Gasteiger partial charge >= 0.3 is 6.03 Å². The maximum atomic E-state index is 13.6. The van der Waals surface area contributed by atoms with Crippen molar-refractivity contribution in [1.29, 1.82) is 0 Å². The Labute approximate surface area is 187 Å². The van der Waals surface area contributed by atoms with E-state index in [2.05, 4.69) is 61.7 Å². The highest BCUT2D eigenvalue weighted by Crippen LogP contribution is 2.38. The number of nitrogens with one attached hydrogen (secondary N) is 1. The van der Waals surface area contributed by atoms with Gasteiger partial charge in [0.15, 0.2) is 0 Å². The van der Waals surface area contributed by atoms with Crippen molar-refractivity contribution in [2.75, 3.05) is 5.32 Å². The van der Waals surface area contributed by atoms with Gasteiger partial charge in [-0.2, -0.15) is 0 Å². The SMILES string of the molecule is Cc1cc(NC(=O)N2Cc3ccccc3-n3cccc3C2c2cccs2)ccc1Br. The summed E-state index contributed by atoms with van der Waals surface area (Å²) in [6, 6.07) is 22.2. The highest BCUT2D eigenvalue weighted by Gasteiger charge is 2.33. The van der Waals surface area contributed by atoms with E-state index < -0.39 is 0 Å². The summed E-state index contributed by atoms with van der Waals surface area (Å²) >= 11 is 5.20.